The molecule has 6 heteroatoms. The topological polar surface area (TPSA) is 61.8 Å². The molecule has 34 heavy (non-hydrogen) atoms. The van der Waals surface area contributed by atoms with Gasteiger partial charge in [-0.05, 0) is 74.6 Å². The largest absolute Gasteiger partial charge is 0.546 e. The van der Waals surface area contributed by atoms with Crippen LogP contribution in [0.3, 0.4) is 0 Å². The standard InChI is InChI=1S/C28H48O5Si/c1-10-13-14-18-28(26(29)31-11-2,27(30)32-12-3)20-24-16-15-17-25(19-24)33-34(21(4)5,22(6)7)23(8)9/h1,19,21-24H,11-18,20H2,2-9H3. The monoisotopic (exact) mass is 492 g/mol. The van der Waals surface area contributed by atoms with Gasteiger partial charge in [0.15, 0.2) is 5.41 Å². The molecule has 1 aliphatic carbocycles. The third-order valence-electron chi connectivity index (χ3n) is 7.30. The van der Waals surface area contributed by atoms with Crippen molar-refractivity contribution in [1.82, 2.24) is 0 Å². The maximum Gasteiger partial charge on any atom is 0.323 e. The lowest BCUT2D eigenvalue weighted by Gasteiger charge is -2.44. The highest BCUT2D eigenvalue weighted by Gasteiger charge is 2.50. The van der Waals surface area contributed by atoms with E-state index in [0.29, 0.717) is 42.3 Å². The molecule has 0 radical (unpaired) electrons. The molecule has 0 saturated carbocycles. The highest BCUT2D eigenvalue weighted by molar-refractivity contribution is 6.77. The van der Waals surface area contributed by atoms with Crippen LogP contribution in [0, 0.1) is 23.7 Å². The number of hydrogen-bond acceptors (Lipinski definition) is 5. The van der Waals surface area contributed by atoms with E-state index in [9.17, 15) is 9.59 Å². The Morgan fingerprint density at radius 3 is 2.03 bits per heavy atom. The van der Waals surface area contributed by atoms with Gasteiger partial charge < -0.3 is 13.9 Å². The van der Waals surface area contributed by atoms with Crippen LogP contribution in [0.5, 0.6) is 0 Å². The Morgan fingerprint density at radius 1 is 1.06 bits per heavy atom. The zero-order valence-corrected chi connectivity index (χ0v) is 23.9. The Hall–Kier alpha value is -1.74. The van der Waals surface area contributed by atoms with Crippen molar-refractivity contribution in [3.8, 4) is 12.3 Å². The van der Waals surface area contributed by atoms with Gasteiger partial charge in [0.1, 0.15) is 0 Å². The summed E-state index contributed by atoms with van der Waals surface area (Å²) in [7, 11) is -2.07. The number of terminal acetylenes is 1. The molecule has 0 saturated heterocycles. The lowest BCUT2D eigenvalue weighted by molar-refractivity contribution is -0.174. The molecule has 0 aliphatic heterocycles. The first kappa shape index (κ1) is 30.3. The second-order valence-corrected chi connectivity index (χ2v) is 15.9. The fraction of sp³-hybridized carbons (Fsp3) is 0.786. The number of esters is 2. The highest BCUT2D eigenvalue weighted by atomic mass is 28.4. The van der Waals surface area contributed by atoms with E-state index >= 15 is 0 Å². The minimum atomic E-state index is -2.07. The summed E-state index contributed by atoms with van der Waals surface area (Å²) in [4.78, 5) is 26.4. The van der Waals surface area contributed by atoms with Gasteiger partial charge in [0, 0.05) is 12.8 Å². The van der Waals surface area contributed by atoms with Crippen LogP contribution in [0.2, 0.25) is 16.6 Å². The molecule has 1 rings (SSSR count). The predicted octanol–water partition coefficient (Wildman–Crippen LogP) is 7.17. The number of ether oxygens (including phenoxy) is 2. The number of rotatable bonds is 14. The molecule has 1 aliphatic rings. The Balaban J connectivity index is 3.35. The Labute approximate surface area is 209 Å². The molecule has 0 aromatic carbocycles. The molecule has 1 unspecified atom stereocenters. The van der Waals surface area contributed by atoms with Crippen molar-refractivity contribution in [3.05, 3.63) is 11.8 Å². The van der Waals surface area contributed by atoms with Crippen LogP contribution in [0.4, 0.5) is 0 Å². The predicted molar refractivity (Wildman–Crippen MR) is 141 cm³/mol. The zero-order chi connectivity index (χ0) is 25.9. The first-order chi connectivity index (χ1) is 16.0. The molecule has 0 aromatic rings. The minimum absolute atomic E-state index is 0.0431. The van der Waals surface area contributed by atoms with Crippen LogP contribution in [-0.4, -0.2) is 33.5 Å². The molecule has 0 N–H and O–H groups in total. The van der Waals surface area contributed by atoms with Crippen molar-refractivity contribution in [3.63, 3.8) is 0 Å². The van der Waals surface area contributed by atoms with Gasteiger partial charge in [-0.3, -0.25) is 9.59 Å². The second-order valence-electron chi connectivity index (χ2n) is 10.5. The van der Waals surface area contributed by atoms with Gasteiger partial charge >= 0.3 is 11.9 Å². The highest BCUT2D eigenvalue weighted by Crippen LogP contribution is 2.46. The number of unbranched alkanes of at least 4 members (excludes halogenated alkanes) is 1. The Morgan fingerprint density at radius 2 is 1.59 bits per heavy atom. The van der Waals surface area contributed by atoms with Crippen LogP contribution >= 0.6 is 0 Å². The molecule has 1 atom stereocenters. The fourth-order valence-electron chi connectivity index (χ4n) is 5.83. The zero-order valence-electron chi connectivity index (χ0n) is 22.9. The molecular formula is C28H48O5Si. The Bertz CT molecular complexity index is 692. The summed E-state index contributed by atoms with van der Waals surface area (Å²) in [5.74, 6) is 2.70. The van der Waals surface area contributed by atoms with E-state index < -0.39 is 25.7 Å². The average molecular weight is 493 g/mol. The van der Waals surface area contributed by atoms with E-state index in [4.69, 9.17) is 20.3 Å². The van der Waals surface area contributed by atoms with Gasteiger partial charge in [-0.1, -0.05) is 41.5 Å². The normalized spacial score (nSPS) is 16.9. The van der Waals surface area contributed by atoms with Crippen molar-refractivity contribution in [1.29, 1.82) is 0 Å². The van der Waals surface area contributed by atoms with Crippen LogP contribution in [0.25, 0.3) is 0 Å². The van der Waals surface area contributed by atoms with E-state index in [1.54, 1.807) is 13.8 Å². The number of hydrogen-bond donors (Lipinski definition) is 0. The smallest absolute Gasteiger partial charge is 0.323 e. The number of carbonyl (C=O) groups is 2. The van der Waals surface area contributed by atoms with E-state index in [1.165, 1.54) is 0 Å². The summed E-state index contributed by atoms with van der Waals surface area (Å²) < 4.78 is 17.8. The van der Waals surface area contributed by atoms with Crippen molar-refractivity contribution in [2.24, 2.45) is 11.3 Å². The first-order valence-corrected chi connectivity index (χ1v) is 15.3. The van der Waals surface area contributed by atoms with Crippen LogP contribution in [0.15, 0.2) is 11.8 Å². The summed E-state index contributed by atoms with van der Waals surface area (Å²) in [6.07, 6.45) is 12.2. The summed E-state index contributed by atoms with van der Waals surface area (Å²) >= 11 is 0. The van der Waals surface area contributed by atoms with Crippen molar-refractivity contribution >= 4 is 20.3 Å². The van der Waals surface area contributed by atoms with Gasteiger partial charge in [0.25, 0.3) is 8.32 Å². The van der Waals surface area contributed by atoms with Crippen LogP contribution < -0.4 is 0 Å². The van der Waals surface area contributed by atoms with Crippen molar-refractivity contribution in [2.45, 2.75) is 117 Å². The maximum atomic E-state index is 13.2. The van der Waals surface area contributed by atoms with Gasteiger partial charge in [0.05, 0.1) is 19.0 Å². The van der Waals surface area contributed by atoms with Gasteiger partial charge in [-0.25, -0.2) is 0 Å². The molecule has 0 aromatic heterocycles. The van der Waals surface area contributed by atoms with Crippen molar-refractivity contribution < 1.29 is 23.5 Å². The summed E-state index contributed by atoms with van der Waals surface area (Å²) in [5.41, 5.74) is 0.108. The number of carbonyl (C=O) groups excluding carboxylic acids is 2. The van der Waals surface area contributed by atoms with E-state index in [-0.39, 0.29) is 19.1 Å². The molecule has 0 spiro atoms. The summed E-state index contributed by atoms with van der Waals surface area (Å²) in [6, 6.07) is 0. The molecule has 194 valence electrons. The number of allylic oxidation sites excluding steroid dienone is 2. The molecular weight excluding hydrogens is 444 g/mol. The van der Waals surface area contributed by atoms with Crippen LogP contribution in [0.1, 0.15) is 100 Å². The van der Waals surface area contributed by atoms with E-state index in [2.05, 4.69) is 53.5 Å². The minimum Gasteiger partial charge on any atom is -0.546 e. The Kier molecular flexibility index (Phi) is 12.4. The third-order valence-corrected chi connectivity index (χ3v) is 13.3. The first-order valence-electron chi connectivity index (χ1n) is 13.2. The van der Waals surface area contributed by atoms with Crippen molar-refractivity contribution in [2.75, 3.05) is 13.2 Å². The molecule has 0 amide bonds. The lowest BCUT2D eigenvalue weighted by Crippen LogP contribution is -2.47. The van der Waals surface area contributed by atoms with E-state index in [1.807, 2.05) is 0 Å². The summed E-state index contributed by atoms with van der Waals surface area (Å²) in [5, 5.41) is 0. The molecule has 5 nitrogen and oxygen atoms in total. The maximum absolute atomic E-state index is 13.2. The van der Waals surface area contributed by atoms with Gasteiger partial charge in [0.2, 0.25) is 0 Å². The van der Waals surface area contributed by atoms with E-state index in [0.717, 1.165) is 25.0 Å². The molecule has 0 fully saturated rings. The fourth-order valence-corrected chi connectivity index (χ4v) is 11.2. The van der Waals surface area contributed by atoms with Gasteiger partial charge in [-0.15, -0.1) is 12.3 Å². The molecule has 0 bridgehead atoms. The van der Waals surface area contributed by atoms with Crippen LogP contribution in [-0.2, 0) is 23.5 Å². The quantitative estimate of drug-likeness (QED) is 0.0845. The summed E-state index contributed by atoms with van der Waals surface area (Å²) in [6.45, 7) is 17.7. The lowest BCUT2D eigenvalue weighted by atomic mass is 9.73. The third kappa shape index (κ3) is 7.13. The second kappa shape index (κ2) is 14.0. The average Bonchev–Trinajstić information content (AvgIpc) is 2.76. The SMILES string of the molecule is C#CCCCC(CC1C=C(O[Si](C(C)C)(C(C)C)C(C)C)CCC1)(C(=O)OCC)C(=O)OCC. The van der Waals surface area contributed by atoms with Gasteiger partial charge in [-0.2, -0.15) is 0 Å². The molecule has 0 heterocycles.